The second kappa shape index (κ2) is 11.4. The Morgan fingerprint density at radius 2 is 2.14 bits per heavy atom. The number of aliphatic imine (C=N–C) groups is 1. The number of likely N-dealkylation sites (tertiary alicyclic amines) is 1. The van der Waals surface area contributed by atoms with E-state index in [1.165, 1.54) is 0 Å². The molecule has 0 bridgehead atoms. The number of halogens is 1. The first-order valence-corrected chi connectivity index (χ1v) is 9.81. The van der Waals surface area contributed by atoms with Gasteiger partial charge in [-0.1, -0.05) is 37.3 Å². The Balaban J connectivity index is 0.00000280. The third kappa shape index (κ3) is 5.70. The molecule has 0 saturated carbocycles. The number of imidazole rings is 1. The van der Waals surface area contributed by atoms with Gasteiger partial charge in [-0.3, -0.25) is 4.99 Å². The largest absolute Gasteiger partial charge is 0.375 e. The van der Waals surface area contributed by atoms with Crippen LogP contribution in [0.15, 0.2) is 54.0 Å². The fourth-order valence-electron chi connectivity index (χ4n) is 3.67. The van der Waals surface area contributed by atoms with Gasteiger partial charge in [-0.25, -0.2) is 4.98 Å². The van der Waals surface area contributed by atoms with E-state index < -0.39 is 0 Å². The van der Waals surface area contributed by atoms with E-state index in [4.69, 9.17) is 9.73 Å². The minimum absolute atomic E-state index is 0. The van der Waals surface area contributed by atoms with Crippen LogP contribution >= 0.6 is 24.0 Å². The summed E-state index contributed by atoms with van der Waals surface area (Å²) in [7, 11) is 1.75. The third-order valence-electron chi connectivity index (χ3n) is 5.32. The van der Waals surface area contributed by atoms with Gasteiger partial charge >= 0.3 is 0 Å². The van der Waals surface area contributed by atoms with Crippen molar-refractivity contribution in [2.24, 2.45) is 10.9 Å². The van der Waals surface area contributed by atoms with Gasteiger partial charge in [-0.05, 0) is 24.8 Å². The predicted octanol–water partition coefficient (Wildman–Crippen LogP) is 3.74. The molecule has 1 fully saturated rings. The topological polar surface area (TPSA) is 54.7 Å². The average Bonchev–Trinajstić information content (AvgIpc) is 3.23. The van der Waals surface area contributed by atoms with E-state index in [-0.39, 0.29) is 30.1 Å². The molecule has 0 spiro atoms. The number of nitrogens with one attached hydrogen (secondary N) is 1. The summed E-state index contributed by atoms with van der Waals surface area (Å²) in [5, 5.41) is 3.46. The Morgan fingerprint density at radius 3 is 2.79 bits per heavy atom. The van der Waals surface area contributed by atoms with Gasteiger partial charge in [0, 0.05) is 39.1 Å². The molecule has 1 saturated heterocycles. The molecular weight excluding hydrogens is 465 g/mol. The van der Waals surface area contributed by atoms with Crippen LogP contribution in [0.25, 0.3) is 0 Å². The van der Waals surface area contributed by atoms with Crippen LogP contribution in [0.4, 0.5) is 0 Å². The molecule has 1 aliphatic heterocycles. The molecule has 3 atom stereocenters. The number of methoxy groups -OCH3 is 1. The van der Waals surface area contributed by atoms with Gasteiger partial charge in [0.15, 0.2) is 5.96 Å². The van der Waals surface area contributed by atoms with E-state index >= 15 is 0 Å². The van der Waals surface area contributed by atoms with Crippen LogP contribution in [0, 0.1) is 5.92 Å². The number of ether oxygens (including phenoxy) is 1. The van der Waals surface area contributed by atoms with Crippen molar-refractivity contribution in [3.63, 3.8) is 0 Å². The first-order valence-electron chi connectivity index (χ1n) is 9.81. The number of aromatic nitrogens is 2. The molecule has 1 aliphatic rings. The summed E-state index contributed by atoms with van der Waals surface area (Å²) in [6, 6.07) is 10.7. The molecular formula is C21H32IN5O. The summed E-state index contributed by atoms with van der Waals surface area (Å²) in [4.78, 5) is 11.5. The standard InChI is InChI=1S/C21H31N5O.HI/c1-4-23-21(24-14-20(27-3)18-8-6-5-7-9-18)25-12-10-17(2)19(15-25)26-13-11-22-16-26;/h5-9,11,13,16-17,19-20H,4,10,12,14-15H2,1-3H3,(H,23,24);1H. The van der Waals surface area contributed by atoms with E-state index in [1.807, 2.05) is 30.7 Å². The maximum Gasteiger partial charge on any atom is 0.194 e. The highest BCUT2D eigenvalue weighted by molar-refractivity contribution is 14.0. The summed E-state index contributed by atoms with van der Waals surface area (Å²) < 4.78 is 7.91. The van der Waals surface area contributed by atoms with Gasteiger partial charge in [0.05, 0.1) is 18.9 Å². The molecule has 1 N–H and O–H groups in total. The smallest absolute Gasteiger partial charge is 0.194 e. The molecule has 3 unspecified atom stereocenters. The van der Waals surface area contributed by atoms with E-state index in [2.05, 4.69) is 51.9 Å². The third-order valence-corrected chi connectivity index (χ3v) is 5.32. The van der Waals surface area contributed by atoms with Gasteiger partial charge in [-0.2, -0.15) is 0 Å². The van der Waals surface area contributed by atoms with Crippen molar-refractivity contribution in [3.05, 3.63) is 54.6 Å². The Kier molecular flexibility index (Phi) is 9.24. The molecule has 3 rings (SSSR count). The number of benzene rings is 1. The van der Waals surface area contributed by atoms with Crippen molar-refractivity contribution in [1.29, 1.82) is 0 Å². The van der Waals surface area contributed by atoms with Gasteiger partial charge in [0.1, 0.15) is 6.10 Å². The zero-order valence-corrected chi connectivity index (χ0v) is 19.3. The average molecular weight is 497 g/mol. The van der Waals surface area contributed by atoms with Gasteiger partial charge in [-0.15, -0.1) is 24.0 Å². The quantitative estimate of drug-likeness (QED) is 0.376. The molecule has 6 nitrogen and oxygen atoms in total. The Morgan fingerprint density at radius 1 is 1.36 bits per heavy atom. The molecule has 0 radical (unpaired) electrons. The van der Waals surface area contributed by atoms with Crippen molar-refractivity contribution >= 4 is 29.9 Å². The summed E-state index contributed by atoms with van der Waals surface area (Å²) in [6.07, 6.45) is 6.94. The highest BCUT2D eigenvalue weighted by Gasteiger charge is 2.29. The fraction of sp³-hybridized carbons (Fsp3) is 0.524. The SMILES string of the molecule is CCNC(=NCC(OC)c1ccccc1)N1CCC(C)C(n2ccnc2)C1.I. The van der Waals surface area contributed by atoms with E-state index in [1.54, 1.807) is 7.11 Å². The van der Waals surface area contributed by atoms with Crippen molar-refractivity contribution < 1.29 is 4.74 Å². The van der Waals surface area contributed by atoms with Crippen LogP contribution < -0.4 is 5.32 Å². The van der Waals surface area contributed by atoms with Crippen LogP contribution in [-0.2, 0) is 4.74 Å². The van der Waals surface area contributed by atoms with Gasteiger partial charge < -0.3 is 19.5 Å². The van der Waals surface area contributed by atoms with Crippen LogP contribution in [0.2, 0.25) is 0 Å². The first kappa shape index (κ1) is 22.7. The Labute approximate surface area is 185 Å². The molecule has 1 aromatic carbocycles. The van der Waals surface area contributed by atoms with Crippen LogP contribution in [0.3, 0.4) is 0 Å². The lowest BCUT2D eigenvalue weighted by Crippen LogP contribution is -2.49. The number of nitrogens with zero attached hydrogens (tertiary/aromatic N) is 4. The van der Waals surface area contributed by atoms with Crippen LogP contribution in [0.5, 0.6) is 0 Å². The number of guanidine groups is 1. The number of piperidine rings is 1. The molecule has 1 aromatic heterocycles. The lowest BCUT2D eigenvalue weighted by atomic mass is 9.93. The van der Waals surface area contributed by atoms with Crippen molar-refractivity contribution in [1.82, 2.24) is 19.8 Å². The summed E-state index contributed by atoms with van der Waals surface area (Å²) in [5.74, 6) is 1.59. The summed E-state index contributed by atoms with van der Waals surface area (Å²) in [6.45, 7) is 7.84. The van der Waals surface area contributed by atoms with E-state index in [9.17, 15) is 0 Å². The van der Waals surface area contributed by atoms with Crippen molar-refractivity contribution in [2.45, 2.75) is 32.4 Å². The second-order valence-corrected chi connectivity index (χ2v) is 7.12. The number of rotatable bonds is 6. The Hall–Kier alpha value is -1.61. The first-order chi connectivity index (χ1) is 13.2. The molecule has 2 heterocycles. The normalized spacial score (nSPS) is 21.1. The second-order valence-electron chi connectivity index (χ2n) is 7.12. The van der Waals surface area contributed by atoms with Crippen LogP contribution in [-0.4, -0.2) is 53.7 Å². The zero-order chi connectivity index (χ0) is 19.1. The van der Waals surface area contributed by atoms with E-state index in [0.717, 1.165) is 37.6 Å². The van der Waals surface area contributed by atoms with Gasteiger partial charge in [0.25, 0.3) is 0 Å². The Bertz CT molecular complexity index is 707. The fourth-order valence-corrected chi connectivity index (χ4v) is 3.67. The zero-order valence-electron chi connectivity index (χ0n) is 17.0. The summed E-state index contributed by atoms with van der Waals surface area (Å²) in [5.41, 5.74) is 1.16. The molecule has 7 heteroatoms. The van der Waals surface area contributed by atoms with E-state index in [0.29, 0.717) is 18.5 Å². The molecule has 154 valence electrons. The maximum absolute atomic E-state index is 5.68. The van der Waals surface area contributed by atoms with Crippen LogP contribution in [0.1, 0.15) is 38.0 Å². The molecule has 28 heavy (non-hydrogen) atoms. The van der Waals surface area contributed by atoms with Crippen molar-refractivity contribution in [2.75, 3.05) is 33.3 Å². The monoisotopic (exact) mass is 497 g/mol. The maximum atomic E-state index is 5.68. The highest BCUT2D eigenvalue weighted by Crippen LogP contribution is 2.27. The minimum atomic E-state index is -0.0342. The number of hydrogen-bond acceptors (Lipinski definition) is 3. The summed E-state index contributed by atoms with van der Waals surface area (Å²) >= 11 is 0. The molecule has 0 amide bonds. The predicted molar refractivity (Wildman–Crippen MR) is 124 cm³/mol. The minimum Gasteiger partial charge on any atom is -0.375 e. The van der Waals surface area contributed by atoms with Crippen molar-refractivity contribution in [3.8, 4) is 0 Å². The molecule has 0 aliphatic carbocycles. The molecule has 2 aromatic rings. The lowest BCUT2D eigenvalue weighted by molar-refractivity contribution is 0.110. The lowest BCUT2D eigenvalue weighted by Gasteiger charge is -2.39. The highest BCUT2D eigenvalue weighted by atomic mass is 127. The number of hydrogen-bond donors (Lipinski definition) is 1. The van der Waals surface area contributed by atoms with Gasteiger partial charge in [0.2, 0.25) is 0 Å².